The Kier molecular flexibility index (Phi) is 5.42. The number of aryl methyl sites for hydroxylation is 1. The summed E-state index contributed by atoms with van der Waals surface area (Å²) in [5, 5.41) is 6.10. The summed E-state index contributed by atoms with van der Waals surface area (Å²) in [6.45, 7) is 10.3. The lowest BCUT2D eigenvalue weighted by Crippen LogP contribution is -2.51. The molecule has 2 N–H and O–H groups in total. The minimum Gasteiger partial charge on any atom is -0.488 e. The largest absolute Gasteiger partial charge is 0.488 e. The SMILES string of the molecule is Cc1ccc(CNC(=O)C2COCCN2)c(OC(C)(C)C)c1. The van der Waals surface area contributed by atoms with Crippen LogP contribution in [0.2, 0.25) is 0 Å². The molecule has 1 unspecified atom stereocenters. The number of morpholine rings is 1. The molecule has 1 heterocycles. The molecule has 5 heteroatoms. The second-order valence-corrected chi connectivity index (χ2v) is 6.63. The van der Waals surface area contributed by atoms with Gasteiger partial charge >= 0.3 is 0 Å². The highest BCUT2D eigenvalue weighted by molar-refractivity contribution is 5.82. The van der Waals surface area contributed by atoms with Gasteiger partial charge < -0.3 is 20.1 Å². The van der Waals surface area contributed by atoms with Crippen LogP contribution in [0.1, 0.15) is 31.9 Å². The molecule has 122 valence electrons. The molecule has 5 nitrogen and oxygen atoms in total. The van der Waals surface area contributed by atoms with Crippen molar-refractivity contribution in [2.75, 3.05) is 19.8 Å². The quantitative estimate of drug-likeness (QED) is 0.890. The van der Waals surface area contributed by atoms with Crippen molar-refractivity contribution >= 4 is 5.91 Å². The predicted molar refractivity (Wildman–Crippen MR) is 86.0 cm³/mol. The number of hydrogen-bond donors (Lipinski definition) is 2. The van der Waals surface area contributed by atoms with Crippen LogP contribution in [0.15, 0.2) is 18.2 Å². The lowest BCUT2D eigenvalue weighted by atomic mass is 10.1. The highest BCUT2D eigenvalue weighted by atomic mass is 16.5. The van der Waals surface area contributed by atoms with Gasteiger partial charge in [0.2, 0.25) is 5.91 Å². The predicted octanol–water partition coefficient (Wildman–Crippen LogP) is 1.78. The number of rotatable bonds is 4. The number of hydrogen-bond acceptors (Lipinski definition) is 4. The van der Waals surface area contributed by atoms with Crippen LogP contribution in [0.4, 0.5) is 0 Å². The van der Waals surface area contributed by atoms with E-state index in [1.165, 1.54) is 0 Å². The molecule has 1 aliphatic rings. The summed E-state index contributed by atoms with van der Waals surface area (Å²) in [5.41, 5.74) is 1.84. The lowest BCUT2D eigenvalue weighted by molar-refractivity contribution is -0.126. The molecular formula is C17H26N2O3. The fourth-order valence-electron chi connectivity index (χ4n) is 2.27. The first kappa shape index (κ1) is 16.8. The molecule has 0 aliphatic carbocycles. The molecule has 1 aromatic rings. The van der Waals surface area contributed by atoms with Crippen LogP contribution >= 0.6 is 0 Å². The Labute approximate surface area is 132 Å². The van der Waals surface area contributed by atoms with Crippen molar-refractivity contribution in [2.24, 2.45) is 0 Å². The van der Waals surface area contributed by atoms with Crippen molar-refractivity contribution < 1.29 is 14.3 Å². The van der Waals surface area contributed by atoms with Crippen LogP contribution < -0.4 is 15.4 Å². The van der Waals surface area contributed by atoms with Gasteiger partial charge in [-0.15, -0.1) is 0 Å². The minimum atomic E-state index is -0.273. The van der Waals surface area contributed by atoms with Crippen LogP contribution in [0.5, 0.6) is 5.75 Å². The van der Waals surface area contributed by atoms with E-state index < -0.39 is 0 Å². The van der Waals surface area contributed by atoms with E-state index in [2.05, 4.69) is 10.6 Å². The van der Waals surface area contributed by atoms with Crippen molar-refractivity contribution in [1.82, 2.24) is 10.6 Å². The molecule has 0 aromatic heterocycles. The van der Waals surface area contributed by atoms with E-state index in [-0.39, 0.29) is 17.6 Å². The van der Waals surface area contributed by atoms with E-state index in [0.29, 0.717) is 26.3 Å². The fraction of sp³-hybridized carbons (Fsp3) is 0.588. The van der Waals surface area contributed by atoms with Gasteiger partial charge in [-0.25, -0.2) is 0 Å². The number of carbonyl (C=O) groups is 1. The molecule has 1 aliphatic heterocycles. The summed E-state index contributed by atoms with van der Waals surface area (Å²) in [5.74, 6) is 0.780. The molecule has 1 atom stereocenters. The van der Waals surface area contributed by atoms with Gasteiger partial charge in [0, 0.05) is 18.7 Å². The summed E-state index contributed by atoms with van der Waals surface area (Å²) in [4.78, 5) is 12.1. The van der Waals surface area contributed by atoms with Crippen LogP contribution in [0, 0.1) is 6.92 Å². The first-order valence-electron chi connectivity index (χ1n) is 7.72. The maximum absolute atomic E-state index is 12.1. The zero-order chi connectivity index (χ0) is 16.2. The highest BCUT2D eigenvalue weighted by Crippen LogP contribution is 2.24. The van der Waals surface area contributed by atoms with Crippen LogP contribution in [0.25, 0.3) is 0 Å². The van der Waals surface area contributed by atoms with Crippen molar-refractivity contribution in [1.29, 1.82) is 0 Å². The molecule has 0 saturated carbocycles. The molecule has 0 bridgehead atoms. The number of ether oxygens (including phenoxy) is 2. The molecule has 1 fully saturated rings. The summed E-state index contributed by atoms with van der Waals surface area (Å²) >= 11 is 0. The third kappa shape index (κ3) is 5.00. The Bertz CT molecular complexity index is 517. The van der Waals surface area contributed by atoms with Gasteiger partial charge in [0.05, 0.1) is 13.2 Å². The Morgan fingerprint density at radius 1 is 1.45 bits per heavy atom. The van der Waals surface area contributed by atoms with E-state index in [1.807, 2.05) is 45.9 Å². The summed E-state index contributed by atoms with van der Waals surface area (Å²) < 4.78 is 11.3. The summed E-state index contributed by atoms with van der Waals surface area (Å²) in [6.07, 6.45) is 0. The van der Waals surface area contributed by atoms with Gasteiger partial charge in [-0.05, 0) is 39.3 Å². The minimum absolute atomic E-state index is 0.0398. The molecule has 1 aromatic carbocycles. The molecule has 1 saturated heterocycles. The monoisotopic (exact) mass is 306 g/mol. The molecule has 0 radical (unpaired) electrons. The van der Waals surface area contributed by atoms with E-state index in [1.54, 1.807) is 0 Å². The maximum Gasteiger partial charge on any atom is 0.239 e. The zero-order valence-electron chi connectivity index (χ0n) is 13.9. The third-order valence-corrected chi connectivity index (χ3v) is 3.33. The fourth-order valence-corrected chi connectivity index (χ4v) is 2.27. The van der Waals surface area contributed by atoms with E-state index in [4.69, 9.17) is 9.47 Å². The Morgan fingerprint density at radius 2 is 2.23 bits per heavy atom. The normalized spacial score (nSPS) is 18.8. The van der Waals surface area contributed by atoms with Gasteiger partial charge in [0.1, 0.15) is 17.4 Å². The first-order valence-corrected chi connectivity index (χ1v) is 7.72. The second kappa shape index (κ2) is 7.11. The molecular weight excluding hydrogens is 280 g/mol. The number of nitrogens with one attached hydrogen (secondary N) is 2. The maximum atomic E-state index is 12.1. The van der Waals surface area contributed by atoms with Crippen molar-refractivity contribution in [2.45, 2.75) is 45.9 Å². The first-order chi connectivity index (χ1) is 10.3. The summed E-state index contributed by atoms with van der Waals surface area (Å²) in [6, 6.07) is 5.76. The topological polar surface area (TPSA) is 59.6 Å². The van der Waals surface area contributed by atoms with Crippen LogP contribution in [-0.4, -0.2) is 37.3 Å². The van der Waals surface area contributed by atoms with Crippen LogP contribution in [0.3, 0.4) is 0 Å². The Hall–Kier alpha value is -1.59. The Balaban J connectivity index is 2.01. The second-order valence-electron chi connectivity index (χ2n) is 6.63. The van der Waals surface area contributed by atoms with Gasteiger partial charge in [-0.2, -0.15) is 0 Å². The lowest BCUT2D eigenvalue weighted by Gasteiger charge is -2.25. The Morgan fingerprint density at radius 3 is 2.86 bits per heavy atom. The average Bonchev–Trinajstić information content (AvgIpc) is 2.45. The van der Waals surface area contributed by atoms with Gasteiger partial charge in [0.25, 0.3) is 0 Å². The van der Waals surface area contributed by atoms with Gasteiger partial charge in [0.15, 0.2) is 0 Å². The van der Waals surface area contributed by atoms with Crippen molar-refractivity contribution in [3.63, 3.8) is 0 Å². The third-order valence-electron chi connectivity index (χ3n) is 3.33. The zero-order valence-corrected chi connectivity index (χ0v) is 13.9. The van der Waals surface area contributed by atoms with E-state index in [9.17, 15) is 4.79 Å². The number of carbonyl (C=O) groups excluding carboxylic acids is 1. The molecule has 22 heavy (non-hydrogen) atoms. The van der Waals surface area contributed by atoms with Crippen molar-refractivity contribution in [3.8, 4) is 5.75 Å². The van der Waals surface area contributed by atoms with Gasteiger partial charge in [-0.1, -0.05) is 12.1 Å². The molecule has 1 amide bonds. The summed E-state index contributed by atoms with van der Waals surface area (Å²) in [7, 11) is 0. The smallest absolute Gasteiger partial charge is 0.239 e. The highest BCUT2D eigenvalue weighted by Gasteiger charge is 2.21. The number of benzene rings is 1. The molecule has 0 spiro atoms. The van der Waals surface area contributed by atoms with E-state index in [0.717, 1.165) is 16.9 Å². The standard InChI is InChI=1S/C17H26N2O3/c1-12-5-6-13(15(9-12)22-17(2,3)4)10-19-16(20)14-11-21-8-7-18-14/h5-6,9,14,18H,7-8,10-11H2,1-4H3,(H,19,20). The average molecular weight is 306 g/mol. The van der Waals surface area contributed by atoms with Crippen molar-refractivity contribution in [3.05, 3.63) is 29.3 Å². The molecule has 2 rings (SSSR count). The number of amides is 1. The van der Waals surface area contributed by atoms with Crippen LogP contribution in [-0.2, 0) is 16.1 Å². The van der Waals surface area contributed by atoms with E-state index >= 15 is 0 Å². The van der Waals surface area contributed by atoms with Gasteiger partial charge in [-0.3, -0.25) is 4.79 Å².